The van der Waals surface area contributed by atoms with Crippen LogP contribution >= 0.6 is 0 Å². The van der Waals surface area contributed by atoms with E-state index in [9.17, 15) is 4.39 Å². The lowest BCUT2D eigenvalue weighted by Crippen LogP contribution is -2.30. The Bertz CT molecular complexity index is 896. The molecule has 0 radical (unpaired) electrons. The molecule has 0 unspecified atom stereocenters. The van der Waals surface area contributed by atoms with Gasteiger partial charge in [0, 0.05) is 11.4 Å². The topological polar surface area (TPSA) is 59.1 Å². The van der Waals surface area contributed by atoms with Gasteiger partial charge in [0.2, 0.25) is 5.88 Å². The van der Waals surface area contributed by atoms with Gasteiger partial charge in [-0.25, -0.2) is 14.4 Å². The molecule has 0 amide bonds. The van der Waals surface area contributed by atoms with Crippen molar-refractivity contribution in [3.8, 4) is 5.88 Å². The number of halogens is 1. The van der Waals surface area contributed by atoms with Crippen LogP contribution in [0.15, 0.2) is 48.7 Å². The summed E-state index contributed by atoms with van der Waals surface area (Å²) in [6, 6.07) is 12.0. The van der Waals surface area contributed by atoms with Crippen molar-refractivity contribution in [1.82, 2.24) is 15.3 Å². The minimum absolute atomic E-state index is 0.274. The number of ether oxygens (including phenoxy) is 1. The Hall–Kier alpha value is -2.73. The number of benzene rings is 2. The molecule has 5 nitrogen and oxygen atoms in total. The summed E-state index contributed by atoms with van der Waals surface area (Å²) in [5.74, 6) is 0.831. The van der Waals surface area contributed by atoms with E-state index in [1.165, 1.54) is 12.1 Å². The predicted molar refractivity (Wildman–Crippen MR) is 100 cm³/mol. The summed E-state index contributed by atoms with van der Waals surface area (Å²) >= 11 is 0. The van der Waals surface area contributed by atoms with E-state index in [0.29, 0.717) is 24.1 Å². The van der Waals surface area contributed by atoms with Crippen molar-refractivity contribution < 1.29 is 9.13 Å². The molecular formula is C20H21FN4O. The fraction of sp³-hybridized carbons (Fsp3) is 0.300. The van der Waals surface area contributed by atoms with Crippen molar-refractivity contribution in [3.05, 3.63) is 54.5 Å². The van der Waals surface area contributed by atoms with Crippen molar-refractivity contribution >= 4 is 22.4 Å². The highest BCUT2D eigenvalue weighted by molar-refractivity contribution is 5.80. The average molecular weight is 352 g/mol. The summed E-state index contributed by atoms with van der Waals surface area (Å²) in [5, 5.41) is 6.54. The molecule has 1 aromatic heterocycles. The summed E-state index contributed by atoms with van der Waals surface area (Å²) < 4.78 is 19.2. The van der Waals surface area contributed by atoms with Crippen LogP contribution < -0.4 is 15.4 Å². The van der Waals surface area contributed by atoms with Gasteiger partial charge in [-0.05, 0) is 68.2 Å². The van der Waals surface area contributed by atoms with Gasteiger partial charge >= 0.3 is 0 Å². The Morgan fingerprint density at radius 2 is 1.92 bits per heavy atom. The first kappa shape index (κ1) is 16.7. The van der Waals surface area contributed by atoms with E-state index in [-0.39, 0.29) is 5.82 Å². The molecular weight excluding hydrogens is 331 g/mol. The largest absolute Gasteiger partial charge is 0.476 e. The third-order valence-corrected chi connectivity index (χ3v) is 4.56. The zero-order chi connectivity index (χ0) is 17.8. The molecule has 134 valence electrons. The Balaban J connectivity index is 1.48. The molecule has 3 aromatic rings. The lowest BCUT2D eigenvalue weighted by Gasteiger charge is -2.22. The van der Waals surface area contributed by atoms with E-state index < -0.39 is 0 Å². The molecule has 26 heavy (non-hydrogen) atoms. The Morgan fingerprint density at radius 3 is 2.77 bits per heavy atom. The lowest BCUT2D eigenvalue weighted by atomic mass is 9.99. The molecule has 2 N–H and O–H groups in total. The van der Waals surface area contributed by atoms with E-state index in [1.54, 1.807) is 12.3 Å². The second kappa shape index (κ2) is 7.66. The van der Waals surface area contributed by atoms with Crippen LogP contribution in [0.3, 0.4) is 0 Å². The van der Waals surface area contributed by atoms with Gasteiger partial charge in [-0.1, -0.05) is 6.07 Å². The second-order valence-corrected chi connectivity index (χ2v) is 6.55. The first-order valence-electron chi connectivity index (χ1n) is 8.89. The molecule has 1 aliphatic rings. The molecule has 6 heteroatoms. The molecule has 1 aliphatic heterocycles. The molecule has 4 rings (SSSR count). The summed E-state index contributed by atoms with van der Waals surface area (Å²) in [7, 11) is 0. The number of aromatic nitrogens is 2. The molecule has 0 spiro atoms. The molecule has 2 heterocycles. The number of nitrogens with zero attached hydrogens (tertiary/aromatic N) is 2. The first-order valence-corrected chi connectivity index (χ1v) is 8.89. The molecule has 2 aromatic carbocycles. The maximum Gasteiger partial charge on any atom is 0.232 e. The average Bonchev–Trinajstić information content (AvgIpc) is 2.67. The minimum Gasteiger partial charge on any atom is -0.476 e. The van der Waals surface area contributed by atoms with Crippen LogP contribution in [0.4, 0.5) is 15.8 Å². The molecule has 0 saturated carbocycles. The number of nitrogens with one attached hydrogen (secondary N) is 2. The highest BCUT2D eigenvalue weighted by Crippen LogP contribution is 2.22. The van der Waals surface area contributed by atoms with Crippen LogP contribution in [0.2, 0.25) is 0 Å². The van der Waals surface area contributed by atoms with Gasteiger partial charge < -0.3 is 15.4 Å². The number of hydrogen-bond acceptors (Lipinski definition) is 5. The van der Waals surface area contributed by atoms with E-state index in [4.69, 9.17) is 4.74 Å². The van der Waals surface area contributed by atoms with Crippen LogP contribution in [0.25, 0.3) is 11.0 Å². The zero-order valence-corrected chi connectivity index (χ0v) is 14.4. The Kier molecular flexibility index (Phi) is 4.93. The quantitative estimate of drug-likeness (QED) is 0.729. The monoisotopic (exact) mass is 352 g/mol. The fourth-order valence-electron chi connectivity index (χ4n) is 3.13. The van der Waals surface area contributed by atoms with E-state index in [1.807, 2.05) is 24.3 Å². The van der Waals surface area contributed by atoms with Gasteiger partial charge in [-0.15, -0.1) is 0 Å². The van der Waals surface area contributed by atoms with Crippen LogP contribution in [0, 0.1) is 11.7 Å². The van der Waals surface area contributed by atoms with Crippen molar-refractivity contribution in [2.75, 3.05) is 25.0 Å². The third-order valence-electron chi connectivity index (χ3n) is 4.56. The smallest absolute Gasteiger partial charge is 0.232 e. The number of fused-ring (bicyclic) bond motifs is 1. The second-order valence-electron chi connectivity index (χ2n) is 6.55. The predicted octanol–water partition coefficient (Wildman–Crippen LogP) is 3.89. The van der Waals surface area contributed by atoms with Crippen molar-refractivity contribution in [2.45, 2.75) is 12.8 Å². The highest BCUT2D eigenvalue weighted by atomic mass is 19.1. The number of rotatable bonds is 5. The normalized spacial score (nSPS) is 15.1. The number of piperidine rings is 1. The Labute approximate surface area is 151 Å². The lowest BCUT2D eigenvalue weighted by molar-refractivity contribution is 0.209. The van der Waals surface area contributed by atoms with Crippen LogP contribution in [0.1, 0.15) is 12.8 Å². The van der Waals surface area contributed by atoms with Gasteiger partial charge in [0.15, 0.2) is 0 Å². The van der Waals surface area contributed by atoms with Crippen molar-refractivity contribution in [1.29, 1.82) is 0 Å². The SMILES string of the molecule is Fc1cccc(Nc2ccc3ncc(OCC4CCNCC4)nc3c2)c1. The minimum atomic E-state index is -0.274. The van der Waals surface area contributed by atoms with Crippen LogP contribution in [0.5, 0.6) is 5.88 Å². The van der Waals surface area contributed by atoms with E-state index in [0.717, 1.165) is 42.7 Å². The zero-order valence-electron chi connectivity index (χ0n) is 14.4. The summed E-state index contributed by atoms with van der Waals surface area (Å²) in [4.78, 5) is 8.98. The fourth-order valence-corrected chi connectivity index (χ4v) is 3.13. The molecule has 0 aliphatic carbocycles. The van der Waals surface area contributed by atoms with Gasteiger partial charge in [-0.3, -0.25) is 0 Å². The third kappa shape index (κ3) is 4.08. The van der Waals surface area contributed by atoms with Gasteiger partial charge in [0.05, 0.1) is 23.8 Å². The van der Waals surface area contributed by atoms with Gasteiger partial charge in [0.1, 0.15) is 5.82 Å². The van der Waals surface area contributed by atoms with Crippen LogP contribution in [-0.2, 0) is 0 Å². The maximum absolute atomic E-state index is 13.3. The van der Waals surface area contributed by atoms with Crippen molar-refractivity contribution in [3.63, 3.8) is 0 Å². The maximum atomic E-state index is 13.3. The van der Waals surface area contributed by atoms with Crippen LogP contribution in [-0.4, -0.2) is 29.7 Å². The molecule has 0 bridgehead atoms. The highest BCUT2D eigenvalue weighted by Gasteiger charge is 2.14. The molecule has 0 atom stereocenters. The van der Waals surface area contributed by atoms with E-state index >= 15 is 0 Å². The number of anilines is 2. The van der Waals surface area contributed by atoms with E-state index in [2.05, 4.69) is 20.6 Å². The standard InChI is InChI=1S/C20H21FN4O/c21-15-2-1-3-16(10-15)24-17-4-5-18-19(11-17)25-20(12-23-18)26-13-14-6-8-22-9-7-14/h1-5,10-12,14,22,24H,6-9,13H2. The molecule has 1 fully saturated rings. The summed E-state index contributed by atoms with van der Waals surface area (Å²) in [6.07, 6.45) is 3.93. The summed E-state index contributed by atoms with van der Waals surface area (Å²) in [6.45, 7) is 2.77. The Morgan fingerprint density at radius 1 is 1.08 bits per heavy atom. The summed E-state index contributed by atoms with van der Waals surface area (Å²) in [5.41, 5.74) is 3.06. The van der Waals surface area contributed by atoms with Gasteiger partial charge in [0.25, 0.3) is 0 Å². The first-order chi connectivity index (χ1) is 12.8. The number of hydrogen-bond donors (Lipinski definition) is 2. The van der Waals surface area contributed by atoms with Gasteiger partial charge in [-0.2, -0.15) is 0 Å². The van der Waals surface area contributed by atoms with Crippen molar-refractivity contribution in [2.24, 2.45) is 5.92 Å². The molecule has 1 saturated heterocycles.